The SMILES string of the molecule is Cc1ccc2nc(-c3ccc4nc(-c5ccc(NC(=O)c6ccccc6)cc5)sc4c3)sc2c1S(=O)(=O)[O-]. The maximum Gasteiger partial charge on any atom is 0.255 e. The molecular weight excluding hydrogens is 539 g/mol. The number of amides is 1. The van der Waals surface area contributed by atoms with Gasteiger partial charge >= 0.3 is 0 Å². The average Bonchev–Trinajstić information content (AvgIpc) is 3.52. The molecule has 0 bridgehead atoms. The van der Waals surface area contributed by atoms with Crippen LogP contribution in [-0.2, 0) is 10.1 Å². The molecule has 10 heteroatoms. The van der Waals surface area contributed by atoms with Gasteiger partial charge in [0.15, 0.2) is 0 Å². The van der Waals surface area contributed by atoms with Crippen molar-refractivity contribution in [1.82, 2.24) is 9.97 Å². The van der Waals surface area contributed by atoms with E-state index < -0.39 is 10.1 Å². The average molecular weight is 557 g/mol. The molecule has 2 aromatic heterocycles. The van der Waals surface area contributed by atoms with Gasteiger partial charge in [-0.2, -0.15) is 0 Å². The summed E-state index contributed by atoms with van der Waals surface area (Å²) in [5.41, 5.74) is 4.75. The number of hydrogen-bond donors (Lipinski definition) is 1. The molecular formula is C28H18N3O4S3-. The van der Waals surface area contributed by atoms with Crippen LogP contribution in [0.2, 0.25) is 0 Å². The Bertz CT molecular complexity index is 1950. The lowest BCUT2D eigenvalue weighted by Crippen LogP contribution is -2.11. The van der Waals surface area contributed by atoms with Crippen LogP contribution in [0.15, 0.2) is 89.8 Å². The van der Waals surface area contributed by atoms with Gasteiger partial charge in [0.2, 0.25) is 0 Å². The highest BCUT2D eigenvalue weighted by Crippen LogP contribution is 2.38. The number of fused-ring (bicyclic) bond motifs is 2. The number of benzene rings is 4. The number of nitrogens with one attached hydrogen (secondary N) is 1. The number of hydrogen-bond acceptors (Lipinski definition) is 8. The summed E-state index contributed by atoms with van der Waals surface area (Å²) in [6.45, 7) is 1.61. The molecule has 1 amide bonds. The molecule has 0 spiro atoms. The minimum Gasteiger partial charge on any atom is -0.744 e. The van der Waals surface area contributed by atoms with Crippen LogP contribution < -0.4 is 5.32 Å². The second-order valence-corrected chi connectivity index (χ2v) is 12.0. The van der Waals surface area contributed by atoms with Crippen molar-refractivity contribution in [3.05, 3.63) is 96.1 Å². The Kier molecular flexibility index (Phi) is 6.04. The van der Waals surface area contributed by atoms with E-state index in [1.165, 1.54) is 22.7 Å². The fourth-order valence-corrected chi connectivity index (χ4v) is 7.46. The summed E-state index contributed by atoms with van der Waals surface area (Å²) in [5.74, 6) is -0.171. The molecule has 188 valence electrons. The van der Waals surface area contributed by atoms with Crippen molar-refractivity contribution in [2.24, 2.45) is 0 Å². The standard InChI is InChI=1S/C28H19N3O4S3/c1-16-7-13-22-24(25(16)38(33,34)35)37-28(31-22)19-10-14-21-23(15-19)36-27(30-21)18-8-11-20(12-9-18)29-26(32)17-5-3-2-4-6-17/h2-15H,1H3,(H,29,32)(H,33,34,35)/p-1. The van der Waals surface area contributed by atoms with Crippen molar-refractivity contribution >= 4 is 64.8 Å². The number of aryl methyl sites for hydroxylation is 1. The summed E-state index contributed by atoms with van der Waals surface area (Å²) in [5, 5.41) is 4.36. The van der Waals surface area contributed by atoms with E-state index in [0.29, 0.717) is 32.0 Å². The summed E-state index contributed by atoms with van der Waals surface area (Å²) < 4.78 is 36.9. The summed E-state index contributed by atoms with van der Waals surface area (Å²) in [6, 6.07) is 25.7. The van der Waals surface area contributed by atoms with Gasteiger partial charge in [0.25, 0.3) is 5.91 Å². The molecule has 4 aromatic carbocycles. The van der Waals surface area contributed by atoms with Gasteiger partial charge in [-0.3, -0.25) is 4.79 Å². The number of nitrogens with zero attached hydrogens (tertiary/aromatic N) is 2. The zero-order valence-electron chi connectivity index (χ0n) is 19.8. The van der Waals surface area contributed by atoms with E-state index in [0.717, 1.165) is 26.4 Å². The van der Waals surface area contributed by atoms with Crippen molar-refractivity contribution in [2.45, 2.75) is 11.8 Å². The first-order valence-corrected chi connectivity index (χ1v) is 14.5. The fourth-order valence-electron chi connectivity index (χ4n) is 4.17. The Hall–Kier alpha value is -3.96. The van der Waals surface area contributed by atoms with E-state index >= 15 is 0 Å². The predicted octanol–water partition coefficient (Wildman–Crippen LogP) is 6.70. The molecule has 0 radical (unpaired) electrons. The topological polar surface area (TPSA) is 112 Å². The van der Waals surface area contributed by atoms with Crippen LogP contribution >= 0.6 is 22.7 Å². The summed E-state index contributed by atoms with van der Waals surface area (Å²) >= 11 is 2.72. The van der Waals surface area contributed by atoms with Gasteiger partial charge in [-0.25, -0.2) is 18.4 Å². The number of rotatable bonds is 5. The number of carbonyl (C=O) groups excluding carboxylic acids is 1. The lowest BCUT2D eigenvalue weighted by molar-refractivity contribution is 0.102. The van der Waals surface area contributed by atoms with Gasteiger partial charge in [0.1, 0.15) is 20.1 Å². The lowest BCUT2D eigenvalue weighted by atomic mass is 10.2. The smallest absolute Gasteiger partial charge is 0.255 e. The minimum atomic E-state index is -4.63. The van der Waals surface area contributed by atoms with E-state index in [1.807, 2.05) is 60.7 Å². The molecule has 0 unspecified atom stereocenters. The zero-order chi connectivity index (χ0) is 26.4. The van der Waals surface area contributed by atoms with E-state index in [-0.39, 0.29) is 10.8 Å². The molecule has 7 nitrogen and oxygen atoms in total. The van der Waals surface area contributed by atoms with Crippen molar-refractivity contribution in [3.8, 4) is 21.1 Å². The molecule has 0 aliphatic carbocycles. The van der Waals surface area contributed by atoms with E-state index in [2.05, 4.69) is 10.3 Å². The Labute approximate surface area is 226 Å². The van der Waals surface area contributed by atoms with Gasteiger partial charge in [-0.1, -0.05) is 24.3 Å². The van der Waals surface area contributed by atoms with Crippen LogP contribution in [0, 0.1) is 6.92 Å². The maximum absolute atomic E-state index is 12.4. The molecule has 6 aromatic rings. The first-order valence-electron chi connectivity index (χ1n) is 11.5. The van der Waals surface area contributed by atoms with Crippen molar-refractivity contribution in [3.63, 3.8) is 0 Å². The second-order valence-electron chi connectivity index (χ2n) is 8.63. The molecule has 0 saturated heterocycles. The summed E-state index contributed by atoms with van der Waals surface area (Å²) in [7, 11) is -4.63. The van der Waals surface area contributed by atoms with Crippen LogP contribution in [-0.4, -0.2) is 28.8 Å². The van der Waals surface area contributed by atoms with Gasteiger partial charge in [0, 0.05) is 22.4 Å². The molecule has 0 fully saturated rings. The van der Waals surface area contributed by atoms with Crippen molar-refractivity contribution < 1.29 is 17.8 Å². The Morgan fingerprint density at radius 3 is 2.21 bits per heavy atom. The molecule has 0 atom stereocenters. The third-order valence-corrected chi connectivity index (χ3v) is 9.38. The van der Waals surface area contributed by atoms with Crippen LogP contribution in [0.5, 0.6) is 0 Å². The number of carbonyl (C=O) groups is 1. The Morgan fingerprint density at radius 1 is 0.816 bits per heavy atom. The largest absolute Gasteiger partial charge is 0.744 e. The van der Waals surface area contributed by atoms with Crippen LogP contribution in [0.25, 0.3) is 41.6 Å². The van der Waals surface area contributed by atoms with Gasteiger partial charge in [-0.05, 0) is 73.2 Å². The van der Waals surface area contributed by atoms with Gasteiger partial charge < -0.3 is 9.87 Å². The molecule has 0 aliphatic heterocycles. The van der Waals surface area contributed by atoms with Crippen molar-refractivity contribution in [2.75, 3.05) is 5.32 Å². The first-order chi connectivity index (χ1) is 18.3. The zero-order valence-corrected chi connectivity index (χ0v) is 22.3. The minimum absolute atomic E-state index is 0.171. The maximum atomic E-state index is 12.4. The number of aromatic nitrogens is 2. The number of thiazole rings is 2. The number of anilines is 1. The molecule has 38 heavy (non-hydrogen) atoms. The molecule has 6 rings (SSSR count). The molecule has 0 saturated carbocycles. The molecule has 1 N–H and O–H groups in total. The quantitative estimate of drug-likeness (QED) is 0.236. The highest BCUT2D eigenvalue weighted by Gasteiger charge is 2.17. The third-order valence-electron chi connectivity index (χ3n) is 6.02. The Balaban J connectivity index is 1.29. The highest BCUT2D eigenvalue weighted by atomic mass is 32.2. The van der Waals surface area contributed by atoms with Crippen LogP contribution in [0.3, 0.4) is 0 Å². The molecule has 2 heterocycles. The summed E-state index contributed by atoms with van der Waals surface area (Å²) in [4.78, 5) is 21.5. The third kappa shape index (κ3) is 4.59. The monoisotopic (exact) mass is 556 g/mol. The van der Waals surface area contributed by atoms with Gasteiger partial charge in [-0.15, -0.1) is 22.7 Å². The highest BCUT2D eigenvalue weighted by molar-refractivity contribution is 7.86. The van der Waals surface area contributed by atoms with Crippen molar-refractivity contribution in [1.29, 1.82) is 0 Å². The lowest BCUT2D eigenvalue weighted by Gasteiger charge is -2.10. The van der Waals surface area contributed by atoms with E-state index in [9.17, 15) is 17.8 Å². The van der Waals surface area contributed by atoms with Gasteiger partial charge in [0.05, 0.1) is 25.3 Å². The normalized spacial score (nSPS) is 11.7. The van der Waals surface area contributed by atoms with E-state index in [4.69, 9.17) is 4.98 Å². The first kappa shape index (κ1) is 24.4. The fraction of sp³-hybridized carbons (Fsp3) is 0.0357. The van der Waals surface area contributed by atoms with E-state index in [1.54, 1.807) is 31.2 Å². The molecule has 0 aliphatic rings. The van der Waals surface area contributed by atoms with Crippen LogP contribution in [0.1, 0.15) is 15.9 Å². The van der Waals surface area contributed by atoms with Crippen LogP contribution in [0.4, 0.5) is 5.69 Å². The predicted molar refractivity (Wildman–Crippen MR) is 151 cm³/mol. The summed E-state index contributed by atoms with van der Waals surface area (Å²) in [6.07, 6.45) is 0. The Morgan fingerprint density at radius 2 is 1.47 bits per heavy atom. The second kappa shape index (κ2) is 9.41.